The van der Waals surface area contributed by atoms with Crippen molar-refractivity contribution in [1.29, 1.82) is 0 Å². The summed E-state index contributed by atoms with van der Waals surface area (Å²) in [5.74, 6) is 0. The van der Waals surface area contributed by atoms with Gasteiger partial charge in [-0.05, 0) is 75.0 Å². The van der Waals surface area contributed by atoms with Crippen LogP contribution in [0.4, 0.5) is 0 Å². The van der Waals surface area contributed by atoms with E-state index < -0.39 is 0 Å². The topological polar surface area (TPSA) is 29.0 Å². The van der Waals surface area contributed by atoms with E-state index >= 15 is 0 Å². The molecule has 2 aromatic heterocycles. The first-order valence-corrected chi connectivity index (χ1v) is 10.6. The van der Waals surface area contributed by atoms with Crippen LogP contribution in [0.5, 0.6) is 0 Å². The number of rotatable bonds is 5. The maximum atomic E-state index is 6.02. The lowest BCUT2D eigenvalue weighted by molar-refractivity contribution is 0.246. The van der Waals surface area contributed by atoms with Crippen molar-refractivity contribution < 1.29 is 0 Å². The molecule has 140 valence electrons. The number of pyridine rings is 1. The third-order valence-corrected chi connectivity index (χ3v) is 6.24. The molecule has 1 aliphatic heterocycles. The fourth-order valence-corrected chi connectivity index (χ4v) is 4.85. The lowest BCUT2D eigenvalue weighted by Crippen LogP contribution is -2.23. The Morgan fingerprint density at radius 3 is 2.70 bits per heavy atom. The smallest absolute Gasteiger partial charge is 0.0897 e. The monoisotopic (exact) mass is 397 g/mol. The maximum absolute atomic E-state index is 6.02. The standard InChI is InChI=1S/C22H24ClN3S/c1-15-10-18(11-17-5-7-19(23)8-6-17)12-21(25-15)22-4-3-9-26(22)14-20-13-24-16(2)27-20/h5-8,10,12-13,22H,3-4,9,11,14H2,1-2H3. The average Bonchev–Trinajstić information content (AvgIpc) is 3.26. The van der Waals surface area contributed by atoms with Crippen LogP contribution in [0.25, 0.3) is 0 Å². The fraction of sp³-hybridized carbons (Fsp3) is 0.364. The Labute approximate surface area is 170 Å². The third kappa shape index (κ3) is 4.57. The van der Waals surface area contributed by atoms with Crippen molar-refractivity contribution in [3.63, 3.8) is 0 Å². The number of hydrogen-bond donors (Lipinski definition) is 0. The zero-order valence-corrected chi connectivity index (χ0v) is 17.4. The van der Waals surface area contributed by atoms with E-state index in [1.54, 1.807) is 11.3 Å². The van der Waals surface area contributed by atoms with Gasteiger partial charge in [0.05, 0.1) is 16.7 Å². The van der Waals surface area contributed by atoms with Gasteiger partial charge in [-0.1, -0.05) is 23.7 Å². The number of thiazole rings is 1. The summed E-state index contributed by atoms with van der Waals surface area (Å²) >= 11 is 7.81. The van der Waals surface area contributed by atoms with E-state index in [1.807, 2.05) is 18.3 Å². The second-order valence-electron chi connectivity index (χ2n) is 7.32. The molecule has 0 amide bonds. The molecule has 1 fully saturated rings. The normalized spacial score (nSPS) is 17.5. The summed E-state index contributed by atoms with van der Waals surface area (Å²) in [7, 11) is 0. The molecule has 1 aromatic carbocycles. The quantitative estimate of drug-likeness (QED) is 0.550. The minimum Gasteiger partial charge on any atom is -0.290 e. The van der Waals surface area contributed by atoms with Crippen LogP contribution in [0, 0.1) is 13.8 Å². The molecule has 0 radical (unpaired) electrons. The average molecular weight is 398 g/mol. The number of benzene rings is 1. The Hall–Kier alpha value is -1.75. The molecular weight excluding hydrogens is 374 g/mol. The SMILES string of the molecule is Cc1cc(Cc2ccc(Cl)cc2)cc(C2CCCN2Cc2cnc(C)s2)n1. The predicted molar refractivity (Wildman–Crippen MR) is 112 cm³/mol. The predicted octanol–water partition coefficient (Wildman–Crippen LogP) is 5.74. The molecule has 1 unspecified atom stereocenters. The van der Waals surface area contributed by atoms with Gasteiger partial charge in [-0.2, -0.15) is 0 Å². The molecule has 0 N–H and O–H groups in total. The minimum absolute atomic E-state index is 0.399. The highest BCUT2D eigenvalue weighted by atomic mass is 35.5. The third-order valence-electron chi connectivity index (χ3n) is 5.09. The van der Waals surface area contributed by atoms with Crippen LogP contribution < -0.4 is 0 Å². The molecule has 0 spiro atoms. The lowest BCUT2D eigenvalue weighted by Gasteiger charge is -2.24. The second kappa shape index (κ2) is 8.09. The van der Waals surface area contributed by atoms with Crippen LogP contribution in [0.3, 0.4) is 0 Å². The first kappa shape index (κ1) is 18.6. The first-order valence-electron chi connectivity index (χ1n) is 9.44. The van der Waals surface area contributed by atoms with Crippen molar-refractivity contribution in [2.75, 3.05) is 6.54 Å². The molecule has 3 heterocycles. The minimum atomic E-state index is 0.399. The van der Waals surface area contributed by atoms with E-state index in [2.05, 4.69) is 48.0 Å². The lowest BCUT2D eigenvalue weighted by atomic mass is 10.0. The molecule has 0 saturated carbocycles. The zero-order valence-electron chi connectivity index (χ0n) is 15.8. The number of aromatic nitrogens is 2. The summed E-state index contributed by atoms with van der Waals surface area (Å²) in [5.41, 5.74) is 4.90. The van der Waals surface area contributed by atoms with Gasteiger partial charge >= 0.3 is 0 Å². The highest BCUT2D eigenvalue weighted by Crippen LogP contribution is 2.33. The summed E-state index contributed by atoms with van der Waals surface area (Å²) in [6, 6.07) is 13.0. The van der Waals surface area contributed by atoms with Gasteiger partial charge < -0.3 is 0 Å². The van der Waals surface area contributed by atoms with Gasteiger partial charge in [0.2, 0.25) is 0 Å². The number of halogens is 1. The van der Waals surface area contributed by atoms with E-state index in [0.717, 1.165) is 35.2 Å². The molecule has 3 nitrogen and oxygen atoms in total. The Morgan fingerprint density at radius 1 is 1.15 bits per heavy atom. The molecule has 3 aromatic rings. The number of nitrogens with zero attached hydrogens (tertiary/aromatic N) is 3. The van der Waals surface area contributed by atoms with Crippen molar-refractivity contribution in [3.05, 3.63) is 80.0 Å². The molecule has 1 saturated heterocycles. The van der Waals surface area contributed by atoms with Crippen LogP contribution in [0.2, 0.25) is 5.02 Å². The van der Waals surface area contributed by atoms with Gasteiger partial charge in [-0.3, -0.25) is 9.88 Å². The van der Waals surface area contributed by atoms with Crippen molar-refractivity contribution >= 4 is 22.9 Å². The second-order valence-corrected chi connectivity index (χ2v) is 9.07. The Kier molecular flexibility index (Phi) is 5.58. The van der Waals surface area contributed by atoms with Crippen molar-refractivity contribution in [3.8, 4) is 0 Å². The summed E-state index contributed by atoms with van der Waals surface area (Å²) in [6.45, 7) is 6.27. The van der Waals surface area contributed by atoms with Crippen LogP contribution in [-0.2, 0) is 13.0 Å². The van der Waals surface area contributed by atoms with Crippen molar-refractivity contribution in [1.82, 2.24) is 14.9 Å². The van der Waals surface area contributed by atoms with E-state index in [1.165, 1.54) is 34.5 Å². The van der Waals surface area contributed by atoms with Crippen LogP contribution >= 0.6 is 22.9 Å². The van der Waals surface area contributed by atoms with E-state index in [4.69, 9.17) is 16.6 Å². The Bertz CT molecular complexity index is 920. The zero-order chi connectivity index (χ0) is 18.8. The van der Waals surface area contributed by atoms with Crippen molar-refractivity contribution in [2.45, 2.75) is 45.7 Å². The molecule has 1 atom stereocenters. The van der Waals surface area contributed by atoms with E-state index in [9.17, 15) is 0 Å². The number of hydrogen-bond acceptors (Lipinski definition) is 4. The van der Waals surface area contributed by atoms with Gasteiger partial charge in [-0.15, -0.1) is 11.3 Å². The molecular formula is C22H24ClN3S. The van der Waals surface area contributed by atoms with Crippen LogP contribution in [-0.4, -0.2) is 21.4 Å². The summed E-state index contributed by atoms with van der Waals surface area (Å²) < 4.78 is 0. The van der Waals surface area contributed by atoms with E-state index in [0.29, 0.717) is 6.04 Å². The Balaban J connectivity index is 1.55. The molecule has 0 aliphatic carbocycles. The summed E-state index contributed by atoms with van der Waals surface area (Å²) in [6.07, 6.45) is 5.33. The van der Waals surface area contributed by atoms with Crippen LogP contribution in [0.15, 0.2) is 42.6 Å². The largest absolute Gasteiger partial charge is 0.290 e. The van der Waals surface area contributed by atoms with Gasteiger partial charge in [0, 0.05) is 28.3 Å². The fourth-order valence-electron chi connectivity index (χ4n) is 3.91. The van der Waals surface area contributed by atoms with Gasteiger partial charge in [-0.25, -0.2) is 4.98 Å². The molecule has 0 bridgehead atoms. The highest BCUT2D eigenvalue weighted by Gasteiger charge is 2.28. The molecule has 4 rings (SSSR count). The number of aryl methyl sites for hydroxylation is 2. The van der Waals surface area contributed by atoms with Crippen LogP contribution in [0.1, 0.15) is 51.3 Å². The van der Waals surface area contributed by atoms with Gasteiger partial charge in [0.1, 0.15) is 0 Å². The van der Waals surface area contributed by atoms with Crippen molar-refractivity contribution in [2.24, 2.45) is 0 Å². The molecule has 5 heteroatoms. The van der Waals surface area contributed by atoms with Gasteiger partial charge in [0.15, 0.2) is 0 Å². The summed E-state index contributed by atoms with van der Waals surface area (Å²) in [4.78, 5) is 13.2. The van der Waals surface area contributed by atoms with Gasteiger partial charge in [0.25, 0.3) is 0 Å². The summed E-state index contributed by atoms with van der Waals surface area (Å²) in [5, 5.41) is 1.92. The highest BCUT2D eigenvalue weighted by molar-refractivity contribution is 7.11. The molecule has 1 aliphatic rings. The Morgan fingerprint density at radius 2 is 1.96 bits per heavy atom. The number of likely N-dealkylation sites (tertiary alicyclic amines) is 1. The first-order chi connectivity index (χ1) is 13.1. The van der Waals surface area contributed by atoms with E-state index in [-0.39, 0.29) is 0 Å². The molecule has 27 heavy (non-hydrogen) atoms. The maximum Gasteiger partial charge on any atom is 0.0897 e.